The highest BCUT2D eigenvalue weighted by Gasteiger charge is 2.37. The minimum absolute atomic E-state index is 0.760. The van der Waals surface area contributed by atoms with Crippen molar-refractivity contribution in [2.24, 2.45) is 5.92 Å². The van der Waals surface area contributed by atoms with Crippen molar-refractivity contribution in [3.63, 3.8) is 0 Å². The standard InChI is InChI=1S/C17H25N/c1-3-7-14(8-4-1)11-12-18-17-13-16(17)15-9-5-2-6-10-15/h2,5-6,9-10,14,16-18H,1,3-4,7-8,11-13H2. The van der Waals surface area contributed by atoms with Gasteiger partial charge >= 0.3 is 0 Å². The molecule has 1 nitrogen and oxygen atoms in total. The number of benzene rings is 1. The van der Waals surface area contributed by atoms with Crippen molar-refractivity contribution in [1.29, 1.82) is 0 Å². The van der Waals surface area contributed by atoms with Gasteiger partial charge in [0.1, 0.15) is 0 Å². The van der Waals surface area contributed by atoms with Crippen LogP contribution < -0.4 is 5.32 Å². The molecule has 0 radical (unpaired) electrons. The van der Waals surface area contributed by atoms with Crippen LogP contribution in [-0.4, -0.2) is 12.6 Å². The van der Waals surface area contributed by atoms with E-state index >= 15 is 0 Å². The zero-order chi connectivity index (χ0) is 12.2. The van der Waals surface area contributed by atoms with E-state index in [1.54, 1.807) is 0 Å². The van der Waals surface area contributed by atoms with Crippen LogP contribution in [0, 0.1) is 5.92 Å². The van der Waals surface area contributed by atoms with Gasteiger partial charge in [-0.3, -0.25) is 0 Å². The maximum absolute atomic E-state index is 3.75. The molecule has 98 valence electrons. The van der Waals surface area contributed by atoms with Crippen molar-refractivity contribution in [2.75, 3.05) is 6.54 Å². The topological polar surface area (TPSA) is 12.0 Å². The predicted octanol–water partition coefficient (Wildman–Crippen LogP) is 4.10. The van der Waals surface area contributed by atoms with Crippen molar-refractivity contribution < 1.29 is 0 Å². The summed E-state index contributed by atoms with van der Waals surface area (Å²) in [5, 5.41) is 3.75. The van der Waals surface area contributed by atoms with E-state index in [2.05, 4.69) is 35.6 Å². The average Bonchev–Trinajstić information content (AvgIpc) is 3.21. The van der Waals surface area contributed by atoms with Crippen LogP contribution in [0.25, 0.3) is 0 Å². The second-order valence-electron chi connectivity index (χ2n) is 6.11. The zero-order valence-corrected chi connectivity index (χ0v) is 11.3. The van der Waals surface area contributed by atoms with Crippen molar-refractivity contribution in [3.05, 3.63) is 35.9 Å². The van der Waals surface area contributed by atoms with E-state index in [4.69, 9.17) is 0 Å². The van der Waals surface area contributed by atoms with E-state index in [9.17, 15) is 0 Å². The van der Waals surface area contributed by atoms with Crippen LogP contribution in [0.1, 0.15) is 56.4 Å². The first-order chi connectivity index (χ1) is 8.93. The number of rotatable bonds is 5. The van der Waals surface area contributed by atoms with Crippen LogP contribution in [-0.2, 0) is 0 Å². The van der Waals surface area contributed by atoms with E-state index in [1.165, 1.54) is 57.1 Å². The molecule has 2 aliphatic carbocycles. The molecule has 0 amide bonds. The van der Waals surface area contributed by atoms with Crippen LogP contribution >= 0.6 is 0 Å². The number of nitrogens with one attached hydrogen (secondary N) is 1. The summed E-state index contributed by atoms with van der Waals surface area (Å²) >= 11 is 0. The average molecular weight is 243 g/mol. The third kappa shape index (κ3) is 3.14. The normalized spacial score (nSPS) is 28.2. The van der Waals surface area contributed by atoms with Gasteiger partial charge in [-0.2, -0.15) is 0 Å². The van der Waals surface area contributed by atoms with Gasteiger partial charge in [-0.05, 0) is 30.9 Å². The van der Waals surface area contributed by atoms with Gasteiger partial charge in [-0.25, -0.2) is 0 Å². The molecule has 1 heteroatoms. The second-order valence-corrected chi connectivity index (χ2v) is 6.11. The Bertz CT molecular complexity index is 353. The Morgan fingerprint density at radius 2 is 1.78 bits per heavy atom. The summed E-state index contributed by atoms with van der Waals surface area (Å²) in [4.78, 5) is 0. The molecule has 0 aliphatic heterocycles. The Labute approximate surface area is 111 Å². The molecule has 0 spiro atoms. The lowest BCUT2D eigenvalue weighted by Crippen LogP contribution is -2.22. The smallest absolute Gasteiger partial charge is 0.0143 e. The summed E-state index contributed by atoms with van der Waals surface area (Å²) in [6.07, 6.45) is 10.1. The molecule has 1 aromatic carbocycles. The molecular weight excluding hydrogens is 218 g/mol. The van der Waals surface area contributed by atoms with Crippen molar-refractivity contribution in [1.82, 2.24) is 5.32 Å². The van der Waals surface area contributed by atoms with E-state index in [0.717, 1.165) is 17.9 Å². The van der Waals surface area contributed by atoms with E-state index in [-0.39, 0.29) is 0 Å². The third-order valence-electron chi connectivity index (χ3n) is 4.70. The molecule has 18 heavy (non-hydrogen) atoms. The molecule has 1 N–H and O–H groups in total. The van der Waals surface area contributed by atoms with Gasteiger partial charge in [0.05, 0.1) is 0 Å². The summed E-state index contributed by atoms with van der Waals surface area (Å²) < 4.78 is 0. The summed E-state index contributed by atoms with van der Waals surface area (Å²) in [5.74, 6) is 1.80. The molecule has 2 unspecified atom stereocenters. The number of hydrogen-bond acceptors (Lipinski definition) is 1. The van der Waals surface area contributed by atoms with Gasteiger partial charge in [-0.15, -0.1) is 0 Å². The molecule has 0 saturated heterocycles. The fourth-order valence-corrected chi connectivity index (χ4v) is 3.44. The molecule has 0 aromatic heterocycles. The first-order valence-corrected chi connectivity index (χ1v) is 7.72. The summed E-state index contributed by atoms with van der Waals surface area (Å²) in [6.45, 7) is 1.23. The lowest BCUT2D eigenvalue weighted by Gasteiger charge is -2.21. The zero-order valence-electron chi connectivity index (χ0n) is 11.3. The molecule has 3 rings (SSSR count). The van der Waals surface area contributed by atoms with Crippen LogP contribution in [0.15, 0.2) is 30.3 Å². The first kappa shape index (κ1) is 12.2. The summed E-state index contributed by atoms with van der Waals surface area (Å²) in [6, 6.07) is 11.7. The molecule has 0 bridgehead atoms. The fourth-order valence-electron chi connectivity index (χ4n) is 3.44. The van der Waals surface area contributed by atoms with Crippen molar-refractivity contribution >= 4 is 0 Å². The predicted molar refractivity (Wildman–Crippen MR) is 76.8 cm³/mol. The molecule has 2 atom stereocenters. The third-order valence-corrected chi connectivity index (χ3v) is 4.70. The maximum Gasteiger partial charge on any atom is 0.0143 e. The maximum atomic E-state index is 3.75. The lowest BCUT2D eigenvalue weighted by atomic mass is 9.87. The molecular formula is C17H25N. The lowest BCUT2D eigenvalue weighted by molar-refractivity contribution is 0.333. The highest BCUT2D eigenvalue weighted by Crippen LogP contribution is 2.40. The molecule has 2 aliphatic rings. The van der Waals surface area contributed by atoms with Gasteiger partial charge < -0.3 is 5.32 Å². The van der Waals surface area contributed by atoms with Crippen LogP contribution in [0.5, 0.6) is 0 Å². The molecule has 2 saturated carbocycles. The Balaban J connectivity index is 1.36. The fraction of sp³-hybridized carbons (Fsp3) is 0.647. The Morgan fingerprint density at radius 3 is 2.56 bits per heavy atom. The van der Waals surface area contributed by atoms with Crippen molar-refractivity contribution in [3.8, 4) is 0 Å². The molecule has 0 heterocycles. The molecule has 1 aromatic rings. The first-order valence-electron chi connectivity index (χ1n) is 7.72. The Kier molecular flexibility index (Phi) is 3.99. The van der Waals surface area contributed by atoms with Gasteiger partial charge in [0, 0.05) is 12.0 Å². The van der Waals surface area contributed by atoms with E-state index < -0.39 is 0 Å². The van der Waals surface area contributed by atoms with E-state index in [1.807, 2.05) is 0 Å². The quantitative estimate of drug-likeness (QED) is 0.821. The van der Waals surface area contributed by atoms with Crippen LogP contribution in [0.2, 0.25) is 0 Å². The number of hydrogen-bond donors (Lipinski definition) is 1. The van der Waals surface area contributed by atoms with E-state index in [0.29, 0.717) is 0 Å². The summed E-state index contributed by atoms with van der Waals surface area (Å²) in [7, 11) is 0. The van der Waals surface area contributed by atoms with Gasteiger partial charge in [-0.1, -0.05) is 62.4 Å². The van der Waals surface area contributed by atoms with Gasteiger partial charge in [0.25, 0.3) is 0 Å². The van der Waals surface area contributed by atoms with Gasteiger partial charge in [0.2, 0.25) is 0 Å². The van der Waals surface area contributed by atoms with Crippen molar-refractivity contribution in [2.45, 2.75) is 56.9 Å². The highest BCUT2D eigenvalue weighted by molar-refractivity contribution is 5.27. The monoisotopic (exact) mass is 243 g/mol. The Hall–Kier alpha value is -0.820. The minimum atomic E-state index is 0.760. The SMILES string of the molecule is c1ccc(C2CC2NCCC2CCCCC2)cc1. The second kappa shape index (κ2) is 5.88. The van der Waals surface area contributed by atoms with Crippen LogP contribution in [0.3, 0.4) is 0 Å². The minimum Gasteiger partial charge on any atom is -0.313 e. The largest absolute Gasteiger partial charge is 0.313 e. The Morgan fingerprint density at radius 1 is 1.00 bits per heavy atom. The summed E-state index contributed by atoms with van der Waals surface area (Å²) in [5.41, 5.74) is 1.52. The molecule has 2 fully saturated rings. The van der Waals surface area contributed by atoms with Gasteiger partial charge in [0.15, 0.2) is 0 Å². The highest BCUT2D eigenvalue weighted by atomic mass is 15.0. The van der Waals surface area contributed by atoms with Crippen LogP contribution in [0.4, 0.5) is 0 Å².